The van der Waals surface area contributed by atoms with Crippen molar-refractivity contribution in [2.45, 2.75) is 32.7 Å². The van der Waals surface area contributed by atoms with Crippen molar-refractivity contribution in [1.29, 1.82) is 0 Å². The van der Waals surface area contributed by atoms with Gasteiger partial charge in [-0.1, -0.05) is 0 Å². The highest BCUT2D eigenvalue weighted by atomic mass is 16.5. The predicted molar refractivity (Wildman–Crippen MR) is 102 cm³/mol. The van der Waals surface area contributed by atoms with Gasteiger partial charge in [0.25, 0.3) is 11.8 Å². The lowest BCUT2D eigenvalue weighted by Crippen LogP contribution is -2.50. The lowest BCUT2D eigenvalue weighted by atomic mass is 10.1. The van der Waals surface area contributed by atoms with Crippen LogP contribution in [0.5, 0.6) is 5.88 Å². The maximum atomic E-state index is 13.0. The summed E-state index contributed by atoms with van der Waals surface area (Å²) in [4.78, 5) is 33.6. The number of hydrogen-bond acceptors (Lipinski definition) is 5. The number of ether oxygens (including phenoxy) is 1. The third kappa shape index (κ3) is 3.46. The second kappa shape index (κ2) is 8.00. The first-order chi connectivity index (χ1) is 13.7. The fraction of sp³-hybridized carbons (Fsp3) is 0.500. The van der Waals surface area contributed by atoms with E-state index in [2.05, 4.69) is 10.1 Å². The average molecular weight is 383 g/mol. The average Bonchev–Trinajstić information content (AvgIpc) is 3.18. The molecule has 0 N–H and O–H groups in total. The number of nitrogens with zero attached hydrogens (tertiary/aromatic N) is 5. The number of aromatic nitrogens is 3. The van der Waals surface area contributed by atoms with Crippen LogP contribution < -0.4 is 4.74 Å². The van der Waals surface area contributed by atoms with Crippen LogP contribution in [0.3, 0.4) is 0 Å². The molecular formula is C20H25N5O3. The van der Waals surface area contributed by atoms with Crippen LogP contribution in [0.2, 0.25) is 0 Å². The summed E-state index contributed by atoms with van der Waals surface area (Å²) < 4.78 is 7.43. The number of aryl methyl sites for hydroxylation is 1. The normalized spacial score (nSPS) is 16.6. The fourth-order valence-corrected chi connectivity index (χ4v) is 3.86. The minimum absolute atomic E-state index is 0.0200. The number of carbonyl (C=O) groups is 2. The van der Waals surface area contributed by atoms with Gasteiger partial charge < -0.3 is 14.5 Å². The van der Waals surface area contributed by atoms with E-state index in [9.17, 15) is 9.59 Å². The van der Waals surface area contributed by atoms with Crippen LogP contribution in [0.4, 0.5) is 0 Å². The quantitative estimate of drug-likeness (QED) is 0.801. The fourth-order valence-electron chi connectivity index (χ4n) is 3.86. The molecule has 4 heterocycles. The van der Waals surface area contributed by atoms with Crippen LogP contribution in [0.25, 0.3) is 0 Å². The number of amides is 2. The molecule has 0 atom stereocenters. The number of hydrogen-bond donors (Lipinski definition) is 0. The first-order valence-corrected chi connectivity index (χ1v) is 9.90. The van der Waals surface area contributed by atoms with Gasteiger partial charge in [-0.2, -0.15) is 5.10 Å². The first-order valence-electron chi connectivity index (χ1n) is 9.90. The summed E-state index contributed by atoms with van der Waals surface area (Å²) in [5.74, 6) is 0.276. The van der Waals surface area contributed by atoms with Gasteiger partial charge in [-0.3, -0.25) is 14.3 Å². The molecule has 0 aliphatic carbocycles. The standard InChI is InChI=1S/C20H25N5O3/c1-2-28-18-15(6-5-8-21-18)19(26)23-10-12-24(13-11-23)20(27)16-14-22-25-9-4-3-7-17(16)25/h5-6,8,14H,2-4,7,9-13H2,1H3. The van der Waals surface area contributed by atoms with Crippen molar-refractivity contribution < 1.29 is 14.3 Å². The molecule has 2 aliphatic rings. The van der Waals surface area contributed by atoms with Gasteiger partial charge in [-0.25, -0.2) is 4.98 Å². The third-order valence-electron chi connectivity index (χ3n) is 5.35. The molecule has 0 radical (unpaired) electrons. The van der Waals surface area contributed by atoms with Gasteiger partial charge >= 0.3 is 0 Å². The summed E-state index contributed by atoms with van der Waals surface area (Å²) >= 11 is 0. The Morgan fingerprint density at radius 1 is 1.04 bits per heavy atom. The Kier molecular flexibility index (Phi) is 5.27. The highest BCUT2D eigenvalue weighted by Crippen LogP contribution is 2.21. The monoisotopic (exact) mass is 383 g/mol. The smallest absolute Gasteiger partial charge is 0.259 e. The zero-order valence-corrected chi connectivity index (χ0v) is 16.1. The molecule has 8 heteroatoms. The second-order valence-electron chi connectivity index (χ2n) is 7.06. The summed E-state index contributed by atoms with van der Waals surface area (Å²) in [5, 5.41) is 4.37. The van der Waals surface area contributed by atoms with E-state index in [0.717, 1.165) is 31.5 Å². The van der Waals surface area contributed by atoms with Crippen LogP contribution in [0.15, 0.2) is 24.5 Å². The van der Waals surface area contributed by atoms with Gasteiger partial charge in [-0.05, 0) is 38.3 Å². The van der Waals surface area contributed by atoms with Gasteiger partial charge in [-0.15, -0.1) is 0 Å². The Morgan fingerprint density at radius 2 is 1.75 bits per heavy atom. The van der Waals surface area contributed by atoms with Gasteiger partial charge in [0.15, 0.2) is 0 Å². The molecule has 0 aromatic carbocycles. The molecule has 8 nitrogen and oxygen atoms in total. The Hall–Kier alpha value is -2.90. The van der Waals surface area contributed by atoms with Crippen LogP contribution >= 0.6 is 0 Å². The molecular weight excluding hydrogens is 358 g/mol. The zero-order chi connectivity index (χ0) is 19.5. The maximum absolute atomic E-state index is 13.0. The summed E-state index contributed by atoms with van der Waals surface area (Å²) in [5.41, 5.74) is 2.23. The number of fused-ring (bicyclic) bond motifs is 1. The second-order valence-corrected chi connectivity index (χ2v) is 7.06. The molecule has 148 valence electrons. The van der Waals surface area contributed by atoms with Crippen LogP contribution in [-0.2, 0) is 13.0 Å². The molecule has 2 aliphatic heterocycles. The molecule has 0 spiro atoms. The van der Waals surface area contributed by atoms with E-state index in [1.165, 1.54) is 0 Å². The van der Waals surface area contributed by atoms with Gasteiger partial charge in [0, 0.05) is 38.9 Å². The summed E-state index contributed by atoms with van der Waals surface area (Å²) in [6, 6.07) is 3.47. The van der Waals surface area contributed by atoms with E-state index >= 15 is 0 Å². The molecule has 2 amide bonds. The topological polar surface area (TPSA) is 80.6 Å². The van der Waals surface area contributed by atoms with E-state index in [1.807, 2.05) is 16.5 Å². The molecule has 2 aromatic rings. The van der Waals surface area contributed by atoms with Crippen molar-refractivity contribution in [1.82, 2.24) is 24.6 Å². The summed E-state index contributed by atoms with van der Waals surface area (Å²) in [6.45, 7) is 5.22. The van der Waals surface area contributed by atoms with Crippen molar-refractivity contribution in [3.63, 3.8) is 0 Å². The van der Waals surface area contributed by atoms with E-state index in [4.69, 9.17) is 4.74 Å². The molecule has 4 rings (SSSR count). The Labute approximate surface area is 164 Å². The molecule has 1 saturated heterocycles. The van der Waals surface area contributed by atoms with Crippen LogP contribution in [0.1, 0.15) is 46.2 Å². The van der Waals surface area contributed by atoms with Crippen LogP contribution in [0, 0.1) is 0 Å². The van der Waals surface area contributed by atoms with E-state index in [1.54, 1.807) is 29.4 Å². The molecule has 28 heavy (non-hydrogen) atoms. The third-order valence-corrected chi connectivity index (χ3v) is 5.35. The van der Waals surface area contributed by atoms with Crippen molar-refractivity contribution in [3.8, 4) is 5.88 Å². The Balaban J connectivity index is 1.41. The number of rotatable bonds is 4. The van der Waals surface area contributed by atoms with Crippen molar-refractivity contribution in [2.75, 3.05) is 32.8 Å². The number of piperazine rings is 1. The van der Waals surface area contributed by atoms with E-state index < -0.39 is 0 Å². The molecule has 1 fully saturated rings. The Morgan fingerprint density at radius 3 is 2.46 bits per heavy atom. The zero-order valence-electron chi connectivity index (χ0n) is 16.1. The minimum atomic E-state index is -0.105. The largest absolute Gasteiger partial charge is 0.477 e. The maximum Gasteiger partial charge on any atom is 0.259 e. The van der Waals surface area contributed by atoms with Crippen molar-refractivity contribution in [3.05, 3.63) is 41.3 Å². The number of carbonyl (C=O) groups excluding carboxylic acids is 2. The predicted octanol–water partition coefficient (Wildman–Crippen LogP) is 1.61. The van der Waals surface area contributed by atoms with E-state index in [-0.39, 0.29) is 11.8 Å². The lowest BCUT2D eigenvalue weighted by Gasteiger charge is -2.35. The lowest BCUT2D eigenvalue weighted by molar-refractivity contribution is 0.0531. The highest BCUT2D eigenvalue weighted by Gasteiger charge is 2.29. The summed E-state index contributed by atoms with van der Waals surface area (Å²) in [7, 11) is 0. The molecule has 0 bridgehead atoms. The van der Waals surface area contributed by atoms with Gasteiger partial charge in [0.2, 0.25) is 5.88 Å². The Bertz CT molecular complexity index is 870. The van der Waals surface area contributed by atoms with Gasteiger partial charge in [0.1, 0.15) is 5.56 Å². The van der Waals surface area contributed by atoms with E-state index in [0.29, 0.717) is 49.8 Å². The minimum Gasteiger partial charge on any atom is -0.477 e. The summed E-state index contributed by atoms with van der Waals surface area (Å²) in [6.07, 6.45) is 6.43. The van der Waals surface area contributed by atoms with Crippen molar-refractivity contribution >= 4 is 11.8 Å². The van der Waals surface area contributed by atoms with Crippen LogP contribution in [-0.4, -0.2) is 69.2 Å². The molecule has 0 saturated carbocycles. The highest BCUT2D eigenvalue weighted by molar-refractivity contribution is 5.97. The molecule has 0 unspecified atom stereocenters. The van der Waals surface area contributed by atoms with Gasteiger partial charge in [0.05, 0.1) is 24.1 Å². The number of pyridine rings is 1. The first kappa shape index (κ1) is 18.5. The SMILES string of the molecule is CCOc1ncccc1C(=O)N1CCN(C(=O)c2cnn3c2CCCC3)CC1. The molecule has 2 aromatic heterocycles. The van der Waals surface area contributed by atoms with Crippen molar-refractivity contribution in [2.24, 2.45) is 0 Å².